The van der Waals surface area contributed by atoms with Gasteiger partial charge in [-0.05, 0) is 20.8 Å². The van der Waals surface area contributed by atoms with E-state index in [-0.39, 0.29) is 5.91 Å². The molecule has 0 saturated heterocycles. The Bertz CT molecular complexity index is 414. The number of nitrogens with zero attached hydrogens (tertiary/aromatic N) is 3. The molecule has 0 fully saturated rings. The van der Waals surface area contributed by atoms with E-state index in [2.05, 4.69) is 18.5 Å². The molecule has 1 aromatic rings. The van der Waals surface area contributed by atoms with E-state index in [0.29, 0.717) is 18.8 Å². The molecule has 0 spiro atoms. The van der Waals surface area contributed by atoms with Gasteiger partial charge in [0.25, 0.3) is 0 Å². The van der Waals surface area contributed by atoms with Crippen molar-refractivity contribution < 1.29 is 4.79 Å². The molecule has 0 aromatic carbocycles. The maximum absolute atomic E-state index is 12.0. The molecule has 5 heteroatoms. The third kappa shape index (κ3) is 4.22. The molecule has 0 aliphatic heterocycles. The van der Waals surface area contributed by atoms with Crippen LogP contribution < -0.4 is 0 Å². The second-order valence-corrected chi connectivity index (χ2v) is 5.09. The second kappa shape index (κ2) is 7.26. The Morgan fingerprint density at radius 1 is 1.56 bits per heavy atom. The van der Waals surface area contributed by atoms with Gasteiger partial charge in [0.05, 0.1) is 5.75 Å². The minimum absolute atomic E-state index is 0.135. The Kier molecular flexibility index (Phi) is 5.98. The van der Waals surface area contributed by atoms with Crippen molar-refractivity contribution in [3.8, 4) is 0 Å². The molecule has 0 atom stereocenters. The van der Waals surface area contributed by atoms with Gasteiger partial charge in [-0.3, -0.25) is 4.79 Å². The van der Waals surface area contributed by atoms with Crippen molar-refractivity contribution in [2.75, 3.05) is 18.8 Å². The number of likely N-dealkylation sites (N-methyl/N-ethyl adjacent to an activating group) is 1. The molecule has 0 radical (unpaired) electrons. The van der Waals surface area contributed by atoms with Crippen molar-refractivity contribution in [1.29, 1.82) is 0 Å². The van der Waals surface area contributed by atoms with Crippen LogP contribution in [0.1, 0.15) is 20.8 Å². The number of carbonyl (C=O) groups is 1. The molecule has 100 valence electrons. The second-order valence-electron chi connectivity index (χ2n) is 4.15. The smallest absolute Gasteiger partial charge is 0.233 e. The van der Waals surface area contributed by atoms with Gasteiger partial charge in [-0.25, -0.2) is 4.98 Å². The van der Waals surface area contributed by atoms with Crippen molar-refractivity contribution in [2.45, 2.75) is 32.5 Å². The first-order chi connectivity index (χ1) is 8.58. The fraction of sp³-hybridized carbons (Fsp3) is 0.538. The predicted octanol–water partition coefficient (Wildman–Crippen LogP) is 2.42. The average molecular weight is 267 g/mol. The summed E-state index contributed by atoms with van der Waals surface area (Å²) in [7, 11) is 0. The molecular weight excluding hydrogens is 246 g/mol. The van der Waals surface area contributed by atoms with Crippen molar-refractivity contribution in [3.05, 3.63) is 24.5 Å². The SMILES string of the molecule is C=C(C)CN(CC)C(=O)CSc1nccn1CC. The fourth-order valence-corrected chi connectivity index (χ4v) is 2.52. The molecule has 0 saturated carbocycles. The minimum Gasteiger partial charge on any atom is -0.338 e. The number of amides is 1. The maximum atomic E-state index is 12.0. The molecule has 1 rings (SSSR count). The first-order valence-corrected chi connectivity index (χ1v) is 7.13. The van der Waals surface area contributed by atoms with E-state index in [1.165, 1.54) is 11.8 Å². The van der Waals surface area contributed by atoms with Crippen molar-refractivity contribution >= 4 is 17.7 Å². The number of rotatable bonds is 7. The zero-order valence-corrected chi connectivity index (χ0v) is 12.2. The molecule has 4 nitrogen and oxygen atoms in total. The van der Waals surface area contributed by atoms with E-state index in [0.717, 1.165) is 17.3 Å². The maximum Gasteiger partial charge on any atom is 0.233 e. The van der Waals surface area contributed by atoms with Crippen LogP contribution in [-0.4, -0.2) is 39.2 Å². The standard InChI is InChI=1S/C13H21N3OS/c1-5-15-8-7-14-13(15)18-10-12(17)16(6-2)9-11(3)4/h7-8H,3,5-6,9-10H2,1-2,4H3. The topological polar surface area (TPSA) is 38.1 Å². The molecule has 0 N–H and O–H groups in total. The normalized spacial score (nSPS) is 10.4. The summed E-state index contributed by atoms with van der Waals surface area (Å²) in [5.74, 6) is 0.564. The van der Waals surface area contributed by atoms with Crippen LogP contribution in [0.4, 0.5) is 0 Å². The summed E-state index contributed by atoms with van der Waals surface area (Å²) in [6.07, 6.45) is 3.69. The van der Waals surface area contributed by atoms with Gasteiger partial charge < -0.3 is 9.47 Å². The zero-order valence-electron chi connectivity index (χ0n) is 11.3. The number of aryl methyl sites for hydroxylation is 1. The molecule has 0 bridgehead atoms. The number of carbonyl (C=O) groups excluding carboxylic acids is 1. The van der Waals surface area contributed by atoms with Crippen molar-refractivity contribution in [1.82, 2.24) is 14.5 Å². The van der Waals surface area contributed by atoms with Gasteiger partial charge in [-0.15, -0.1) is 0 Å². The average Bonchev–Trinajstić information content (AvgIpc) is 2.80. The van der Waals surface area contributed by atoms with E-state index < -0.39 is 0 Å². The van der Waals surface area contributed by atoms with Crippen LogP contribution in [0, 0.1) is 0 Å². The van der Waals surface area contributed by atoms with E-state index in [1.807, 2.05) is 29.5 Å². The Labute approximate surface area is 113 Å². The molecule has 0 aliphatic carbocycles. The van der Waals surface area contributed by atoms with E-state index >= 15 is 0 Å². The quantitative estimate of drug-likeness (QED) is 0.562. The van der Waals surface area contributed by atoms with Crippen LogP contribution in [0.2, 0.25) is 0 Å². The summed E-state index contributed by atoms with van der Waals surface area (Å²) in [6, 6.07) is 0. The lowest BCUT2D eigenvalue weighted by Gasteiger charge is -2.20. The third-order valence-corrected chi connectivity index (χ3v) is 3.53. The van der Waals surface area contributed by atoms with E-state index in [9.17, 15) is 4.79 Å². The molecule has 0 aliphatic rings. The summed E-state index contributed by atoms with van der Waals surface area (Å²) >= 11 is 1.49. The highest BCUT2D eigenvalue weighted by molar-refractivity contribution is 7.99. The number of hydrogen-bond donors (Lipinski definition) is 0. The van der Waals surface area contributed by atoms with Crippen LogP contribution in [-0.2, 0) is 11.3 Å². The van der Waals surface area contributed by atoms with Gasteiger partial charge in [-0.1, -0.05) is 23.9 Å². The van der Waals surface area contributed by atoms with Crippen molar-refractivity contribution in [3.63, 3.8) is 0 Å². The van der Waals surface area contributed by atoms with Gasteiger partial charge in [-0.2, -0.15) is 0 Å². The predicted molar refractivity (Wildman–Crippen MR) is 75.7 cm³/mol. The fourth-order valence-electron chi connectivity index (χ4n) is 1.60. The number of imidazole rings is 1. The van der Waals surface area contributed by atoms with E-state index in [4.69, 9.17) is 0 Å². The number of hydrogen-bond acceptors (Lipinski definition) is 3. The highest BCUT2D eigenvalue weighted by atomic mass is 32.2. The summed E-state index contributed by atoms with van der Waals surface area (Å²) in [5.41, 5.74) is 1.00. The molecule has 1 amide bonds. The first kappa shape index (κ1) is 14.8. The molecule has 0 unspecified atom stereocenters. The molecule has 1 aromatic heterocycles. The van der Waals surface area contributed by atoms with Crippen LogP contribution >= 0.6 is 11.8 Å². The Morgan fingerprint density at radius 2 is 2.28 bits per heavy atom. The third-order valence-electron chi connectivity index (χ3n) is 2.54. The zero-order chi connectivity index (χ0) is 13.5. The summed E-state index contributed by atoms with van der Waals surface area (Å²) in [4.78, 5) is 18.1. The van der Waals surface area contributed by atoms with Gasteiger partial charge in [0.1, 0.15) is 0 Å². The highest BCUT2D eigenvalue weighted by Crippen LogP contribution is 2.16. The van der Waals surface area contributed by atoms with Gasteiger partial charge in [0.2, 0.25) is 5.91 Å². The Morgan fingerprint density at radius 3 is 2.83 bits per heavy atom. The highest BCUT2D eigenvalue weighted by Gasteiger charge is 2.13. The van der Waals surface area contributed by atoms with Gasteiger partial charge in [0, 0.05) is 32.0 Å². The van der Waals surface area contributed by atoms with Crippen LogP contribution in [0.3, 0.4) is 0 Å². The molecule has 1 heterocycles. The van der Waals surface area contributed by atoms with Crippen LogP contribution in [0.25, 0.3) is 0 Å². The Balaban J connectivity index is 2.51. The summed E-state index contributed by atoms with van der Waals surface area (Å²) in [5, 5.41) is 0.900. The number of aromatic nitrogens is 2. The lowest BCUT2D eigenvalue weighted by molar-refractivity contribution is -0.127. The lowest BCUT2D eigenvalue weighted by atomic mass is 10.3. The Hall–Kier alpha value is -1.23. The number of thioether (sulfide) groups is 1. The minimum atomic E-state index is 0.135. The van der Waals surface area contributed by atoms with E-state index in [1.54, 1.807) is 6.20 Å². The largest absolute Gasteiger partial charge is 0.338 e. The van der Waals surface area contributed by atoms with Gasteiger partial charge in [0.15, 0.2) is 5.16 Å². The van der Waals surface area contributed by atoms with Gasteiger partial charge >= 0.3 is 0 Å². The molecule has 18 heavy (non-hydrogen) atoms. The summed E-state index contributed by atoms with van der Waals surface area (Å²) in [6.45, 7) is 12.1. The monoisotopic (exact) mass is 267 g/mol. The first-order valence-electron chi connectivity index (χ1n) is 6.14. The summed E-state index contributed by atoms with van der Waals surface area (Å²) < 4.78 is 2.03. The van der Waals surface area contributed by atoms with Crippen LogP contribution in [0.15, 0.2) is 29.7 Å². The van der Waals surface area contributed by atoms with Crippen molar-refractivity contribution in [2.24, 2.45) is 0 Å². The lowest BCUT2D eigenvalue weighted by Crippen LogP contribution is -2.33. The molecular formula is C13H21N3OS. The van der Waals surface area contributed by atoms with Crippen LogP contribution in [0.5, 0.6) is 0 Å².